The van der Waals surface area contributed by atoms with E-state index in [0.717, 1.165) is 11.1 Å². The number of hydrogen-bond donors (Lipinski definition) is 3. The van der Waals surface area contributed by atoms with Crippen molar-refractivity contribution in [1.29, 1.82) is 0 Å². The summed E-state index contributed by atoms with van der Waals surface area (Å²) in [5, 5.41) is 31.2. The molecule has 1 atom stereocenters. The minimum atomic E-state index is -0.847. The van der Waals surface area contributed by atoms with Crippen molar-refractivity contribution in [3.63, 3.8) is 0 Å². The first-order valence-corrected chi connectivity index (χ1v) is 12.1. The lowest BCUT2D eigenvalue weighted by atomic mass is 10.0. The van der Waals surface area contributed by atoms with E-state index in [4.69, 9.17) is 11.6 Å². The standard InChI is InChI=1S/C26H21ClN10O2/c27-20-9-12-23(37-16-28-33-36-37)19(15-20)8-13-24(38)30-22(14-17-4-2-1-3-5-17)26(39)29-21-10-6-18(7-11-21)25-31-34-35-32-25/h1-13,15-16,22H,14H2,(H,29,39)(H,30,38)(H,31,32,34,35). The van der Waals surface area contributed by atoms with Crippen LogP contribution in [-0.2, 0) is 16.0 Å². The van der Waals surface area contributed by atoms with Gasteiger partial charge in [-0.05, 0) is 69.7 Å². The van der Waals surface area contributed by atoms with Gasteiger partial charge in [0.2, 0.25) is 17.6 Å². The van der Waals surface area contributed by atoms with Gasteiger partial charge in [-0.25, -0.2) is 0 Å². The fourth-order valence-corrected chi connectivity index (χ4v) is 3.98. The Morgan fingerprint density at radius 2 is 1.87 bits per heavy atom. The number of aromatic nitrogens is 8. The minimum absolute atomic E-state index is 0.292. The molecular weight excluding hydrogens is 520 g/mol. The Labute approximate surface area is 227 Å². The molecule has 1 unspecified atom stereocenters. The van der Waals surface area contributed by atoms with Gasteiger partial charge in [0.05, 0.1) is 5.69 Å². The fourth-order valence-electron chi connectivity index (χ4n) is 3.80. The average Bonchev–Trinajstić information content (AvgIpc) is 3.68. The summed E-state index contributed by atoms with van der Waals surface area (Å²) in [6.07, 6.45) is 4.66. The summed E-state index contributed by atoms with van der Waals surface area (Å²) in [6.45, 7) is 0. The molecule has 13 heteroatoms. The molecule has 0 bridgehead atoms. The van der Waals surface area contributed by atoms with Gasteiger partial charge in [-0.1, -0.05) is 41.9 Å². The number of carbonyl (C=O) groups excluding carboxylic acids is 2. The van der Waals surface area contributed by atoms with E-state index in [2.05, 4.69) is 46.8 Å². The number of amides is 2. The molecule has 0 radical (unpaired) electrons. The van der Waals surface area contributed by atoms with Gasteiger partial charge in [0.1, 0.15) is 12.4 Å². The molecule has 39 heavy (non-hydrogen) atoms. The van der Waals surface area contributed by atoms with Crippen LogP contribution in [0.15, 0.2) is 85.2 Å². The van der Waals surface area contributed by atoms with E-state index < -0.39 is 11.9 Å². The number of tetrazole rings is 2. The maximum absolute atomic E-state index is 13.3. The van der Waals surface area contributed by atoms with Crippen LogP contribution in [0.1, 0.15) is 11.1 Å². The molecule has 0 saturated carbocycles. The molecule has 194 valence electrons. The van der Waals surface area contributed by atoms with Crippen LogP contribution >= 0.6 is 11.6 Å². The van der Waals surface area contributed by atoms with Gasteiger partial charge >= 0.3 is 0 Å². The number of nitrogens with one attached hydrogen (secondary N) is 3. The van der Waals surface area contributed by atoms with Crippen LogP contribution in [0.2, 0.25) is 5.02 Å². The van der Waals surface area contributed by atoms with Crippen LogP contribution in [0.25, 0.3) is 23.2 Å². The molecule has 3 N–H and O–H groups in total. The highest BCUT2D eigenvalue weighted by Crippen LogP contribution is 2.20. The van der Waals surface area contributed by atoms with Gasteiger partial charge in [-0.2, -0.15) is 9.90 Å². The van der Waals surface area contributed by atoms with Crippen LogP contribution in [0.3, 0.4) is 0 Å². The zero-order valence-electron chi connectivity index (χ0n) is 20.3. The summed E-state index contributed by atoms with van der Waals surface area (Å²) in [5.74, 6) is -0.386. The molecular formula is C26H21ClN10O2. The third-order valence-electron chi connectivity index (χ3n) is 5.67. The summed E-state index contributed by atoms with van der Waals surface area (Å²) in [7, 11) is 0. The van der Waals surface area contributed by atoms with Crippen molar-refractivity contribution < 1.29 is 9.59 Å². The molecule has 0 saturated heterocycles. The van der Waals surface area contributed by atoms with Gasteiger partial charge in [0.15, 0.2) is 0 Å². The van der Waals surface area contributed by atoms with Gasteiger partial charge < -0.3 is 10.6 Å². The maximum atomic E-state index is 13.3. The second-order valence-corrected chi connectivity index (χ2v) is 8.78. The first kappa shape index (κ1) is 25.4. The van der Waals surface area contributed by atoms with E-state index in [1.54, 1.807) is 48.5 Å². The number of aromatic amines is 1. The zero-order valence-corrected chi connectivity index (χ0v) is 21.0. The number of anilines is 1. The molecule has 3 aromatic carbocycles. The molecule has 12 nitrogen and oxygen atoms in total. The number of carbonyl (C=O) groups is 2. The van der Waals surface area contributed by atoms with Gasteiger partial charge in [0, 0.05) is 34.3 Å². The second kappa shape index (κ2) is 11.9. The summed E-state index contributed by atoms with van der Waals surface area (Å²) in [6, 6.07) is 20.7. The van der Waals surface area contributed by atoms with Gasteiger partial charge in [-0.3, -0.25) is 9.59 Å². The quantitative estimate of drug-likeness (QED) is 0.241. The Morgan fingerprint density at radius 3 is 2.59 bits per heavy atom. The van der Waals surface area contributed by atoms with Crippen molar-refractivity contribution in [2.75, 3.05) is 5.32 Å². The largest absolute Gasteiger partial charge is 0.340 e. The Balaban J connectivity index is 1.32. The van der Waals surface area contributed by atoms with Crippen molar-refractivity contribution >= 4 is 35.2 Å². The molecule has 5 aromatic rings. The topological polar surface area (TPSA) is 156 Å². The van der Waals surface area contributed by atoms with Crippen LogP contribution in [0, 0.1) is 0 Å². The highest BCUT2D eigenvalue weighted by Gasteiger charge is 2.21. The van der Waals surface area contributed by atoms with E-state index in [9.17, 15) is 9.59 Å². The number of rotatable bonds is 9. The number of hydrogen-bond acceptors (Lipinski definition) is 8. The molecule has 0 aliphatic rings. The average molecular weight is 541 g/mol. The molecule has 0 spiro atoms. The fraction of sp³-hybridized carbons (Fsp3) is 0.0769. The number of halogens is 1. The Bertz CT molecular complexity index is 1570. The van der Waals surface area contributed by atoms with Crippen molar-refractivity contribution in [1.82, 2.24) is 46.1 Å². The lowest BCUT2D eigenvalue weighted by Gasteiger charge is -2.18. The molecule has 2 amide bonds. The molecule has 0 fully saturated rings. The third-order valence-corrected chi connectivity index (χ3v) is 5.91. The predicted octanol–water partition coefficient (Wildman–Crippen LogP) is 2.88. The van der Waals surface area contributed by atoms with E-state index in [0.29, 0.717) is 34.2 Å². The Kier molecular flexibility index (Phi) is 7.74. The van der Waals surface area contributed by atoms with E-state index in [1.807, 2.05) is 30.3 Å². The lowest BCUT2D eigenvalue weighted by molar-refractivity contribution is -0.123. The van der Waals surface area contributed by atoms with Crippen molar-refractivity contribution in [2.45, 2.75) is 12.5 Å². The Morgan fingerprint density at radius 1 is 1.05 bits per heavy atom. The number of H-pyrrole nitrogens is 1. The molecule has 0 aliphatic heterocycles. The number of nitrogens with zero attached hydrogens (tertiary/aromatic N) is 7. The predicted molar refractivity (Wildman–Crippen MR) is 144 cm³/mol. The smallest absolute Gasteiger partial charge is 0.247 e. The maximum Gasteiger partial charge on any atom is 0.247 e. The zero-order chi connectivity index (χ0) is 27.0. The van der Waals surface area contributed by atoms with Crippen molar-refractivity contribution in [2.24, 2.45) is 0 Å². The van der Waals surface area contributed by atoms with Gasteiger partial charge in [0.25, 0.3) is 0 Å². The van der Waals surface area contributed by atoms with Crippen LogP contribution in [-0.4, -0.2) is 58.7 Å². The SMILES string of the molecule is O=C(C=Cc1cc(Cl)ccc1-n1cnnn1)NC(Cc1ccccc1)C(=O)Nc1ccc(-c2nn[nH]n2)cc1. The molecule has 0 aliphatic carbocycles. The van der Waals surface area contributed by atoms with Gasteiger partial charge in [-0.15, -0.1) is 15.3 Å². The summed E-state index contributed by atoms with van der Waals surface area (Å²) in [4.78, 5) is 26.2. The molecule has 2 heterocycles. The molecule has 5 rings (SSSR count). The summed E-state index contributed by atoms with van der Waals surface area (Å²) in [5.41, 5.74) is 3.44. The third kappa shape index (κ3) is 6.56. The Hall–Kier alpha value is -5.23. The summed E-state index contributed by atoms with van der Waals surface area (Å²) < 4.78 is 1.46. The highest BCUT2D eigenvalue weighted by molar-refractivity contribution is 6.30. The second-order valence-electron chi connectivity index (χ2n) is 8.34. The van der Waals surface area contributed by atoms with E-state index >= 15 is 0 Å². The summed E-state index contributed by atoms with van der Waals surface area (Å²) >= 11 is 6.17. The minimum Gasteiger partial charge on any atom is -0.340 e. The van der Waals surface area contributed by atoms with Crippen molar-refractivity contribution in [3.05, 3.63) is 101 Å². The lowest BCUT2D eigenvalue weighted by Crippen LogP contribution is -2.44. The van der Waals surface area contributed by atoms with E-state index in [1.165, 1.54) is 17.1 Å². The normalized spacial score (nSPS) is 11.8. The van der Waals surface area contributed by atoms with Crippen LogP contribution in [0.5, 0.6) is 0 Å². The molecule has 2 aromatic heterocycles. The highest BCUT2D eigenvalue weighted by atomic mass is 35.5. The first-order valence-electron chi connectivity index (χ1n) is 11.8. The van der Waals surface area contributed by atoms with Crippen LogP contribution in [0.4, 0.5) is 5.69 Å². The monoisotopic (exact) mass is 540 g/mol. The van der Waals surface area contributed by atoms with Crippen LogP contribution < -0.4 is 10.6 Å². The van der Waals surface area contributed by atoms with E-state index in [-0.39, 0.29) is 5.91 Å². The number of benzene rings is 3. The van der Waals surface area contributed by atoms with Crippen molar-refractivity contribution in [3.8, 4) is 17.1 Å². The first-order chi connectivity index (χ1) is 19.0.